The molecule has 1 amide bonds. The summed E-state index contributed by atoms with van der Waals surface area (Å²) in [6, 6.07) is 11.2. The molecule has 6 nitrogen and oxygen atoms in total. The van der Waals surface area contributed by atoms with Crippen molar-refractivity contribution in [2.45, 2.75) is 62.5 Å². The van der Waals surface area contributed by atoms with Gasteiger partial charge in [0, 0.05) is 35.1 Å². The highest BCUT2D eigenvalue weighted by Gasteiger charge is 2.74. The van der Waals surface area contributed by atoms with Crippen molar-refractivity contribution in [1.29, 1.82) is 0 Å². The lowest BCUT2D eigenvalue weighted by atomic mass is 9.76. The highest BCUT2D eigenvalue weighted by molar-refractivity contribution is 5.83. The Hall–Kier alpha value is -3.25. The highest BCUT2D eigenvalue weighted by Crippen LogP contribution is 2.71. The summed E-state index contributed by atoms with van der Waals surface area (Å²) in [4.78, 5) is 16.0. The molecule has 2 aliphatic rings. The van der Waals surface area contributed by atoms with Crippen LogP contribution < -0.4 is 5.32 Å². The number of nitrogens with one attached hydrogen (secondary N) is 2. The normalized spacial score (nSPS) is 26.2. The second-order valence-corrected chi connectivity index (χ2v) is 9.59. The van der Waals surface area contributed by atoms with E-state index in [2.05, 4.69) is 22.9 Å². The van der Waals surface area contributed by atoms with Gasteiger partial charge >= 0.3 is 0 Å². The van der Waals surface area contributed by atoms with E-state index < -0.39 is 11.0 Å². The number of fused-ring (bicyclic) bond motifs is 2. The minimum Gasteiger partial charge on any atom is -0.504 e. The summed E-state index contributed by atoms with van der Waals surface area (Å²) in [5.41, 5.74) is 2.31. The third kappa shape index (κ3) is 3.23. The molecule has 33 heavy (non-hydrogen) atoms. The van der Waals surface area contributed by atoms with Gasteiger partial charge in [-0.1, -0.05) is 30.8 Å². The van der Waals surface area contributed by atoms with Crippen LogP contribution in [-0.4, -0.2) is 37.9 Å². The topological polar surface area (TPSA) is 106 Å². The molecule has 6 heteroatoms. The second-order valence-electron chi connectivity index (χ2n) is 9.59. The van der Waals surface area contributed by atoms with E-state index in [1.807, 2.05) is 31.3 Å². The summed E-state index contributed by atoms with van der Waals surface area (Å²) in [6.45, 7) is 5.95. The van der Waals surface area contributed by atoms with Gasteiger partial charge in [0.25, 0.3) is 0 Å². The molecule has 1 aromatic heterocycles. The van der Waals surface area contributed by atoms with Crippen LogP contribution in [0.5, 0.6) is 11.5 Å². The smallest absolute Gasteiger partial charge is 0.220 e. The summed E-state index contributed by atoms with van der Waals surface area (Å²) < 4.78 is 0. The van der Waals surface area contributed by atoms with E-state index in [1.165, 1.54) is 17.0 Å². The van der Waals surface area contributed by atoms with Gasteiger partial charge < -0.3 is 25.6 Å². The Morgan fingerprint density at radius 2 is 2.03 bits per heavy atom. The summed E-state index contributed by atoms with van der Waals surface area (Å²) >= 11 is 0. The number of hydrogen-bond acceptors (Lipinski definition) is 4. The average molecular weight is 447 g/mol. The van der Waals surface area contributed by atoms with Crippen LogP contribution in [0.3, 0.4) is 0 Å². The monoisotopic (exact) mass is 446 g/mol. The number of benzene rings is 2. The lowest BCUT2D eigenvalue weighted by Crippen LogP contribution is -2.44. The number of amides is 1. The highest BCUT2D eigenvalue weighted by atomic mass is 16.3. The zero-order valence-electron chi connectivity index (χ0n) is 18.8. The van der Waals surface area contributed by atoms with Gasteiger partial charge in [-0.3, -0.25) is 4.79 Å². The summed E-state index contributed by atoms with van der Waals surface area (Å²) in [7, 11) is 0. The maximum Gasteiger partial charge on any atom is 0.220 e. The van der Waals surface area contributed by atoms with Gasteiger partial charge in [-0.2, -0.15) is 0 Å². The molecule has 0 bridgehead atoms. The number of aromatic nitrogens is 1. The SMILES string of the molecule is C=C1C2(O)CCC(NC(=O)CCCc3c[nH]c4ccccc34)CC12c1c(C)ccc(O)c1O. The third-order valence-corrected chi connectivity index (χ3v) is 7.75. The van der Waals surface area contributed by atoms with E-state index in [1.54, 1.807) is 6.07 Å². The molecule has 2 fully saturated rings. The van der Waals surface area contributed by atoms with Crippen molar-refractivity contribution in [3.05, 3.63) is 71.4 Å². The minimum atomic E-state index is -1.11. The number of rotatable bonds is 6. The molecule has 0 aliphatic heterocycles. The second kappa shape index (κ2) is 7.66. The molecule has 172 valence electrons. The number of aromatic amines is 1. The van der Waals surface area contributed by atoms with Gasteiger partial charge in [-0.15, -0.1) is 0 Å². The maximum absolute atomic E-state index is 12.7. The van der Waals surface area contributed by atoms with Crippen molar-refractivity contribution in [1.82, 2.24) is 10.3 Å². The molecule has 5 N–H and O–H groups in total. The summed E-state index contributed by atoms with van der Waals surface area (Å²) in [5, 5.41) is 36.3. The largest absolute Gasteiger partial charge is 0.504 e. The third-order valence-electron chi connectivity index (χ3n) is 7.75. The zero-order chi connectivity index (χ0) is 23.4. The molecular formula is C27H30N2O4. The van der Waals surface area contributed by atoms with Crippen molar-refractivity contribution < 1.29 is 20.1 Å². The molecule has 0 spiro atoms. The number of phenols is 2. The van der Waals surface area contributed by atoms with Crippen molar-refractivity contribution in [2.24, 2.45) is 0 Å². The molecular weight excluding hydrogens is 416 g/mol. The van der Waals surface area contributed by atoms with Crippen LogP contribution in [0.25, 0.3) is 10.9 Å². The Labute approximate surface area is 193 Å². The van der Waals surface area contributed by atoms with Gasteiger partial charge in [0.2, 0.25) is 5.91 Å². The van der Waals surface area contributed by atoms with Gasteiger partial charge in [0.1, 0.15) is 5.60 Å². The number of phenolic OH excluding ortho intramolecular Hbond substituents is 2. The van der Waals surface area contributed by atoms with E-state index in [-0.39, 0.29) is 23.4 Å². The van der Waals surface area contributed by atoms with Crippen molar-refractivity contribution in [2.75, 3.05) is 0 Å². The number of para-hydroxylation sites is 1. The van der Waals surface area contributed by atoms with Gasteiger partial charge in [0.15, 0.2) is 11.5 Å². The Kier molecular flexibility index (Phi) is 5.01. The number of aromatic hydroxyl groups is 2. The van der Waals surface area contributed by atoms with E-state index in [0.717, 1.165) is 23.9 Å². The molecule has 1 heterocycles. The molecule has 2 aliphatic carbocycles. The number of carbonyl (C=O) groups excluding carboxylic acids is 1. The first-order chi connectivity index (χ1) is 15.8. The number of aryl methyl sites for hydroxylation is 2. The van der Waals surface area contributed by atoms with E-state index in [9.17, 15) is 20.1 Å². The lowest BCUT2D eigenvalue weighted by Gasteiger charge is -2.34. The first kappa shape index (κ1) is 21.6. The van der Waals surface area contributed by atoms with Crippen molar-refractivity contribution >= 4 is 16.8 Å². The number of aliphatic hydroxyl groups is 1. The van der Waals surface area contributed by atoms with E-state index in [0.29, 0.717) is 36.8 Å². The van der Waals surface area contributed by atoms with Gasteiger partial charge in [-0.25, -0.2) is 0 Å². The Balaban J connectivity index is 1.25. The van der Waals surface area contributed by atoms with Crippen LogP contribution in [0.15, 0.2) is 54.7 Å². The maximum atomic E-state index is 12.7. The molecule has 2 saturated carbocycles. The Morgan fingerprint density at radius 1 is 1.24 bits per heavy atom. The average Bonchev–Trinajstić information content (AvgIpc) is 3.08. The molecule has 3 atom stereocenters. The molecule has 5 rings (SSSR count). The number of H-pyrrole nitrogens is 1. The molecule has 3 unspecified atom stereocenters. The standard InChI is InChI=1S/C27H30N2O4/c1-16-10-11-22(30)25(32)24(16)26-14-19(12-13-27(26,33)17(26)2)29-23(31)9-5-6-18-15-28-21-8-4-3-7-20(18)21/h3-4,7-8,10-11,15,19,28,30,32-33H,2,5-6,9,12-14H2,1H3,(H,29,31). The van der Waals surface area contributed by atoms with Crippen molar-refractivity contribution in [3.63, 3.8) is 0 Å². The first-order valence-electron chi connectivity index (χ1n) is 11.6. The van der Waals surface area contributed by atoms with Crippen LogP contribution >= 0.6 is 0 Å². The predicted molar refractivity (Wildman–Crippen MR) is 127 cm³/mol. The van der Waals surface area contributed by atoms with Gasteiger partial charge in [0.05, 0.1) is 5.41 Å². The van der Waals surface area contributed by atoms with Crippen LogP contribution in [0.2, 0.25) is 0 Å². The lowest BCUT2D eigenvalue weighted by molar-refractivity contribution is -0.122. The quantitative estimate of drug-likeness (QED) is 0.290. The molecule has 0 radical (unpaired) electrons. The van der Waals surface area contributed by atoms with E-state index >= 15 is 0 Å². The molecule has 0 saturated heterocycles. The van der Waals surface area contributed by atoms with Crippen LogP contribution in [-0.2, 0) is 16.6 Å². The fourth-order valence-electron chi connectivity index (χ4n) is 5.97. The fourth-order valence-corrected chi connectivity index (χ4v) is 5.97. The predicted octanol–water partition coefficient (Wildman–Crippen LogP) is 4.12. The summed E-state index contributed by atoms with van der Waals surface area (Å²) in [5.74, 6) is -0.434. The Morgan fingerprint density at radius 3 is 2.85 bits per heavy atom. The fraction of sp³-hybridized carbons (Fsp3) is 0.370. The molecule has 3 aromatic rings. The zero-order valence-corrected chi connectivity index (χ0v) is 18.8. The molecule has 2 aromatic carbocycles. The van der Waals surface area contributed by atoms with Crippen LogP contribution in [0, 0.1) is 6.92 Å². The first-order valence-corrected chi connectivity index (χ1v) is 11.6. The number of carbonyl (C=O) groups is 1. The summed E-state index contributed by atoms with van der Waals surface area (Å²) in [6.07, 6.45) is 5.55. The van der Waals surface area contributed by atoms with E-state index in [4.69, 9.17) is 0 Å². The van der Waals surface area contributed by atoms with Crippen molar-refractivity contribution in [3.8, 4) is 11.5 Å². The number of hydrogen-bond donors (Lipinski definition) is 5. The van der Waals surface area contributed by atoms with Crippen LogP contribution in [0.1, 0.15) is 48.8 Å². The minimum absolute atomic E-state index is 0.0106. The Bertz CT molecular complexity index is 1260. The van der Waals surface area contributed by atoms with Gasteiger partial charge in [-0.05, 0) is 67.9 Å². The van der Waals surface area contributed by atoms with Crippen LogP contribution in [0.4, 0.5) is 0 Å².